The maximum absolute atomic E-state index is 12.9. The molecular formula is C23H29N5O2. The number of anilines is 1. The lowest BCUT2D eigenvalue weighted by Gasteiger charge is -2.36. The number of nitrogens with two attached hydrogens (primary N) is 1. The predicted octanol–water partition coefficient (Wildman–Crippen LogP) is 2.24. The molecule has 4 rings (SSSR count). The molecule has 1 unspecified atom stereocenters. The van der Waals surface area contributed by atoms with Gasteiger partial charge in [-0.15, -0.1) is 0 Å². The lowest BCUT2D eigenvalue weighted by Crippen LogP contribution is -2.53. The number of carbonyl (C=O) groups is 2. The fourth-order valence-corrected chi connectivity index (χ4v) is 4.41. The number of aryl methyl sites for hydroxylation is 1. The Labute approximate surface area is 176 Å². The van der Waals surface area contributed by atoms with Crippen LogP contribution >= 0.6 is 0 Å². The highest BCUT2D eigenvalue weighted by Gasteiger charge is 2.26. The summed E-state index contributed by atoms with van der Waals surface area (Å²) >= 11 is 0. The van der Waals surface area contributed by atoms with Crippen molar-refractivity contribution in [2.75, 3.05) is 38.0 Å². The number of carbonyl (C=O) groups excluding carboxylic acids is 2. The number of amides is 2. The summed E-state index contributed by atoms with van der Waals surface area (Å²) in [6, 6.07) is 14.3. The molecular weight excluding hydrogens is 378 g/mol. The number of hydrogen-bond donors (Lipinski definition) is 2. The average Bonchev–Trinajstić information content (AvgIpc) is 3.06. The molecule has 1 fully saturated rings. The van der Waals surface area contributed by atoms with E-state index in [1.807, 2.05) is 24.0 Å². The normalized spacial score (nSPS) is 16.7. The van der Waals surface area contributed by atoms with Gasteiger partial charge in [-0.05, 0) is 38.1 Å². The standard InChI is InChI=1S/C23H29N5O2/c1-3-28-20-7-5-4-6-18(20)19-14-17(8-9-21(19)28)25-23(30)16(2)27-12-10-26(11-13-27)15-22(24)29/h4-9,14,16H,3,10-13,15H2,1-2H3,(H2,24,29)(H,25,30). The number of primary amides is 1. The molecule has 158 valence electrons. The molecule has 30 heavy (non-hydrogen) atoms. The van der Waals surface area contributed by atoms with Gasteiger partial charge in [-0.2, -0.15) is 0 Å². The SMILES string of the molecule is CCn1c2ccccc2c2cc(NC(=O)C(C)N3CCN(CC(N)=O)CC3)ccc21. The molecule has 7 nitrogen and oxygen atoms in total. The molecule has 2 aromatic carbocycles. The van der Waals surface area contributed by atoms with E-state index in [9.17, 15) is 9.59 Å². The fraction of sp³-hybridized carbons (Fsp3) is 0.391. The number of aromatic nitrogens is 1. The molecule has 0 radical (unpaired) electrons. The van der Waals surface area contributed by atoms with Crippen molar-refractivity contribution in [1.82, 2.24) is 14.4 Å². The summed E-state index contributed by atoms with van der Waals surface area (Å²) in [6.45, 7) is 8.21. The number of piperazine rings is 1. The molecule has 1 atom stereocenters. The molecule has 1 aromatic heterocycles. The Morgan fingerprint density at radius 3 is 2.43 bits per heavy atom. The monoisotopic (exact) mass is 407 g/mol. The third kappa shape index (κ3) is 3.91. The van der Waals surface area contributed by atoms with Gasteiger partial charge in [-0.3, -0.25) is 19.4 Å². The number of para-hydroxylation sites is 1. The first-order valence-corrected chi connectivity index (χ1v) is 10.5. The number of rotatable bonds is 6. The highest BCUT2D eigenvalue weighted by atomic mass is 16.2. The summed E-state index contributed by atoms with van der Waals surface area (Å²) in [5.41, 5.74) is 8.47. The van der Waals surface area contributed by atoms with Gasteiger partial charge in [-0.1, -0.05) is 18.2 Å². The van der Waals surface area contributed by atoms with Crippen LogP contribution in [0.3, 0.4) is 0 Å². The van der Waals surface area contributed by atoms with Crippen LogP contribution in [-0.2, 0) is 16.1 Å². The summed E-state index contributed by atoms with van der Waals surface area (Å²) in [5, 5.41) is 5.44. The second-order valence-corrected chi connectivity index (χ2v) is 7.94. The van der Waals surface area contributed by atoms with E-state index in [4.69, 9.17) is 5.73 Å². The van der Waals surface area contributed by atoms with Crippen molar-refractivity contribution < 1.29 is 9.59 Å². The first-order valence-electron chi connectivity index (χ1n) is 10.5. The van der Waals surface area contributed by atoms with Crippen molar-refractivity contribution in [3.05, 3.63) is 42.5 Å². The van der Waals surface area contributed by atoms with Crippen LogP contribution in [-0.4, -0.2) is 64.9 Å². The van der Waals surface area contributed by atoms with Crippen LogP contribution in [0, 0.1) is 0 Å². The lowest BCUT2D eigenvalue weighted by molar-refractivity contribution is -0.123. The van der Waals surface area contributed by atoms with Crippen molar-refractivity contribution in [3.8, 4) is 0 Å². The van der Waals surface area contributed by atoms with Crippen LogP contribution in [0.4, 0.5) is 5.69 Å². The second-order valence-electron chi connectivity index (χ2n) is 7.94. The maximum atomic E-state index is 12.9. The minimum Gasteiger partial charge on any atom is -0.369 e. The van der Waals surface area contributed by atoms with Crippen LogP contribution in [0.2, 0.25) is 0 Å². The number of fused-ring (bicyclic) bond motifs is 3. The van der Waals surface area contributed by atoms with E-state index in [-0.39, 0.29) is 24.4 Å². The third-order valence-corrected chi connectivity index (χ3v) is 6.07. The number of benzene rings is 2. The van der Waals surface area contributed by atoms with Crippen LogP contribution < -0.4 is 11.1 Å². The van der Waals surface area contributed by atoms with Crippen LogP contribution in [0.15, 0.2) is 42.5 Å². The molecule has 0 saturated carbocycles. The molecule has 0 aliphatic carbocycles. The van der Waals surface area contributed by atoms with Gasteiger partial charge in [0.2, 0.25) is 11.8 Å². The largest absolute Gasteiger partial charge is 0.369 e. The highest BCUT2D eigenvalue weighted by Crippen LogP contribution is 2.31. The molecule has 1 aliphatic heterocycles. The van der Waals surface area contributed by atoms with Crippen molar-refractivity contribution in [2.45, 2.75) is 26.4 Å². The zero-order valence-electron chi connectivity index (χ0n) is 17.6. The first kappa shape index (κ1) is 20.4. The molecule has 2 amide bonds. The van der Waals surface area contributed by atoms with Crippen molar-refractivity contribution >= 4 is 39.3 Å². The first-order chi connectivity index (χ1) is 14.5. The van der Waals surface area contributed by atoms with Gasteiger partial charge in [0.1, 0.15) is 0 Å². The fourth-order valence-electron chi connectivity index (χ4n) is 4.41. The van der Waals surface area contributed by atoms with Crippen molar-refractivity contribution in [1.29, 1.82) is 0 Å². The summed E-state index contributed by atoms with van der Waals surface area (Å²) < 4.78 is 2.30. The van der Waals surface area contributed by atoms with Gasteiger partial charge in [0.05, 0.1) is 12.6 Å². The minimum atomic E-state index is -0.311. The van der Waals surface area contributed by atoms with Crippen LogP contribution in [0.1, 0.15) is 13.8 Å². The van der Waals surface area contributed by atoms with Crippen molar-refractivity contribution in [3.63, 3.8) is 0 Å². The van der Waals surface area contributed by atoms with Crippen LogP contribution in [0.5, 0.6) is 0 Å². The Morgan fingerprint density at radius 1 is 1.03 bits per heavy atom. The summed E-state index contributed by atoms with van der Waals surface area (Å²) in [5.74, 6) is -0.328. The molecule has 7 heteroatoms. The lowest BCUT2D eigenvalue weighted by atomic mass is 10.1. The molecule has 0 spiro atoms. The van der Waals surface area contributed by atoms with Crippen molar-refractivity contribution in [2.24, 2.45) is 5.73 Å². The van der Waals surface area contributed by atoms with Gasteiger partial charge >= 0.3 is 0 Å². The minimum absolute atomic E-state index is 0.0167. The van der Waals surface area contributed by atoms with Gasteiger partial charge in [0, 0.05) is 60.2 Å². The quantitative estimate of drug-likeness (QED) is 0.656. The van der Waals surface area contributed by atoms with Gasteiger partial charge in [-0.25, -0.2) is 0 Å². The van der Waals surface area contributed by atoms with Gasteiger partial charge in [0.15, 0.2) is 0 Å². The summed E-state index contributed by atoms with van der Waals surface area (Å²) in [6.07, 6.45) is 0. The van der Waals surface area contributed by atoms with E-state index >= 15 is 0 Å². The van der Waals surface area contributed by atoms with E-state index in [2.05, 4.69) is 52.0 Å². The Balaban J connectivity index is 1.48. The molecule has 0 bridgehead atoms. The van der Waals surface area contributed by atoms with Gasteiger partial charge < -0.3 is 15.6 Å². The van der Waals surface area contributed by atoms with Crippen LogP contribution in [0.25, 0.3) is 21.8 Å². The molecule has 2 heterocycles. The van der Waals surface area contributed by atoms with Gasteiger partial charge in [0.25, 0.3) is 0 Å². The average molecular weight is 408 g/mol. The highest BCUT2D eigenvalue weighted by molar-refractivity contribution is 6.10. The second kappa shape index (κ2) is 8.45. The number of hydrogen-bond acceptors (Lipinski definition) is 4. The summed E-state index contributed by atoms with van der Waals surface area (Å²) in [7, 11) is 0. The Kier molecular flexibility index (Phi) is 5.74. The van der Waals surface area contributed by atoms with E-state index < -0.39 is 0 Å². The molecule has 1 saturated heterocycles. The smallest absolute Gasteiger partial charge is 0.241 e. The zero-order chi connectivity index (χ0) is 21.3. The molecule has 3 N–H and O–H groups in total. The zero-order valence-corrected chi connectivity index (χ0v) is 17.6. The number of nitrogens with one attached hydrogen (secondary N) is 1. The molecule has 3 aromatic rings. The van der Waals surface area contributed by atoms with E-state index in [0.717, 1.165) is 43.8 Å². The Morgan fingerprint density at radius 2 is 1.73 bits per heavy atom. The van der Waals surface area contributed by atoms with E-state index in [1.165, 1.54) is 16.4 Å². The maximum Gasteiger partial charge on any atom is 0.241 e. The topological polar surface area (TPSA) is 83.6 Å². The predicted molar refractivity (Wildman–Crippen MR) is 120 cm³/mol. The molecule has 1 aliphatic rings. The third-order valence-electron chi connectivity index (χ3n) is 6.07. The van der Waals surface area contributed by atoms with E-state index in [0.29, 0.717) is 0 Å². The van der Waals surface area contributed by atoms with E-state index in [1.54, 1.807) is 0 Å². The Bertz CT molecular complexity index is 1080. The summed E-state index contributed by atoms with van der Waals surface area (Å²) in [4.78, 5) is 28.2. The Hall–Kier alpha value is -2.90. The number of nitrogens with zero attached hydrogens (tertiary/aromatic N) is 3.